The van der Waals surface area contributed by atoms with Crippen LogP contribution in [0.1, 0.15) is 31.7 Å². The highest BCUT2D eigenvalue weighted by Gasteiger charge is 2.35. The minimum absolute atomic E-state index is 0.0758. The Hall–Kier alpha value is -3.70. The number of ether oxygens (including phenoxy) is 3. The van der Waals surface area contributed by atoms with Crippen LogP contribution < -0.4 is 13.9 Å². The topological polar surface area (TPSA) is 98.3 Å². The molecule has 0 N–H and O–H groups in total. The molecule has 218 valence electrons. The average Bonchev–Trinajstić information content (AvgIpc) is 2.94. The van der Waals surface area contributed by atoms with Gasteiger partial charge in [-0.3, -0.25) is 9.10 Å². The Kier molecular flexibility index (Phi) is 9.82. The molecule has 3 aromatic rings. The number of carbonyl (C=O) groups excluding carboxylic acids is 1. The van der Waals surface area contributed by atoms with E-state index in [2.05, 4.69) is 0 Å². The standard InChI is InChI=1S/C30H35N3O6S2/c1-5-37-29(34)19-30(40)38-16-8-10-23-20-33(41(35,36)24-11-6-9-21(2)17-24)26-18-22(14-15-27(26)39-23)25-12-7-13-28(31-25)32(3)4/h6-7,9,11-15,17-18,23H,5,8,10,16,19-20H2,1-4H3/t23-/m0/s1. The molecule has 0 saturated carbocycles. The van der Waals surface area contributed by atoms with E-state index in [0.717, 1.165) is 22.6 Å². The Morgan fingerprint density at radius 2 is 1.90 bits per heavy atom. The molecule has 0 radical (unpaired) electrons. The van der Waals surface area contributed by atoms with Crippen molar-refractivity contribution in [3.8, 4) is 17.0 Å². The molecular formula is C30H35N3O6S2. The van der Waals surface area contributed by atoms with Gasteiger partial charge in [0.25, 0.3) is 10.0 Å². The summed E-state index contributed by atoms with van der Waals surface area (Å²) in [5.41, 5.74) is 2.82. The number of aromatic nitrogens is 1. The van der Waals surface area contributed by atoms with Gasteiger partial charge in [-0.05, 0) is 86.9 Å². The van der Waals surface area contributed by atoms with E-state index in [4.69, 9.17) is 31.4 Å². The number of thiocarbonyl (C=S) groups is 1. The number of benzene rings is 2. The molecule has 0 aliphatic carbocycles. The fourth-order valence-corrected chi connectivity index (χ4v) is 6.27. The summed E-state index contributed by atoms with van der Waals surface area (Å²) in [5, 5.41) is 0.168. The van der Waals surface area contributed by atoms with E-state index in [1.165, 1.54) is 4.31 Å². The monoisotopic (exact) mass is 597 g/mol. The Morgan fingerprint density at radius 1 is 1.12 bits per heavy atom. The highest BCUT2D eigenvalue weighted by molar-refractivity contribution is 7.92. The number of carbonyl (C=O) groups is 1. The summed E-state index contributed by atoms with van der Waals surface area (Å²) >= 11 is 5.12. The maximum Gasteiger partial charge on any atom is 0.314 e. The van der Waals surface area contributed by atoms with Crippen LogP contribution in [0.3, 0.4) is 0 Å². The van der Waals surface area contributed by atoms with E-state index in [1.807, 2.05) is 62.3 Å². The fourth-order valence-electron chi connectivity index (χ4n) is 4.46. The molecule has 0 fully saturated rings. The van der Waals surface area contributed by atoms with E-state index in [9.17, 15) is 13.2 Å². The van der Waals surface area contributed by atoms with Crippen molar-refractivity contribution in [2.24, 2.45) is 0 Å². The molecule has 1 aliphatic rings. The molecule has 9 nitrogen and oxygen atoms in total. The lowest BCUT2D eigenvalue weighted by Gasteiger charge is -2.36. The van der Waals surface area contributed by atoms with Gasteiger partial charge in [-0.25, -0.2) is 13.4 Å². The largest absolute Gasteiger partial charge is 0.486 e. The van der Waals surface area contributed by atoms with Crippen molar-refractivity contribution in [2.75, 3.05) is 43.1 Å². The van der Waals surface area contributed by atoms with E-state index in [1.54, 1.807) is 31.2 Å². The number of anilines is 2. The number of pyridine rings is 1. The van der Waals surface area contributed by atoms with Crippen molar-refractivity contribution in [3.63, 3.8) is 0 Å². The molecule has 2 heterocycles. The molecule has 1 aliphatic heterocycles. The van der Waals surface area contributed by atoms with Crippen LogP contribution in [0.4, 0.5) is 11.5 Å². The Morgan fingerprint density at radius 3 is 2.63 bits per heavy atom. The number of rotatable bonds is 11. The van der Waals surface area contributed by atoms with Gasteiger partial charge >= 0.3 is 5.97 Å². The Balaban J connectivity index is 1.58. The van der Waals surface area contributed by atoms with Crippen molar-refractivity contribution in [2.45, 2.75) is 44.1 Å². The molecule has 4 rings (SSSR count). The van der Waals surface area contributed by atoms with Crippen LogP contribution >= 0.6 is 12.2 Å². The fraction of sp³-hybridized carbons (Fsp3) is 0.367. The molecule has 0 saturated heterocycles. The molecular weight excluding hydrogens is 562 g/mol. The van der Waals surface area contributed by atoms with Crippen LogP contribution in [0.5, 0.6) is 5.75 Å². The smallest absolute Gasteiger partial charge is 0.314 e. The lowest BCUT2D eigenvalue weighted by atomic mass is 10.1. The summed E-state index contributed by atoms with van der Waals surface area (Å²) in [6.07, 6.45) is 0.592. The second kappa shape index (κ2) is 13.3. The SMILES string of the molecule is CCOC(=O)CC(=S)OCCC[C@H]1CN(S(=O)(=O)c2cccc(C)c2)c2cc(-c3cccc(N(C)C)n3)ccc2O1. The molecule has 1 atom stereocenters. The molecule has 0 amide bonds. The first-order chi connectivity index (χ1) is 19.6. The third-order valence-corrected chi connectivity index (χ3v) is 8.52. The molecule has 2 aromatic carbocycles. The van der Waals surface area contributed by atoms with Gasteiger partial charge in [-0.15, -0.1) is 0 Å². The number of esters is 1. The number of hydrogen-bond donors (Lipinski definition) is 0. The van der Waals surface area contributed by atoms with Crippen LogP contribution in [-0.4, -0.2) is 64.4 Å². The zero-order valence-electron chi connectivity index (χ0n) is 23.7. The number of aryl methyl sites for hydroxylation is 1. The van der Waals surface area contributed by atoms with Crippen molar-refractivity contribution in [3.05, 3.63) is 66.2 Å². The highest BCUT2D eigenvalue weighted by atomic mass is 32.2. The van der Waals surface area contributed by atoms with Gasteiger partial charge in [0, 0.05) is 19.7 Å². The van der Waals surface area contributed by atoms with Gasteiger partial charge in [0.15, 0.2) is 5.05 Å². The summed E-state index contributed by atoms with van der Waals surface area (Å²) in [7, 11) is -0.0557. The zero-order valence-corrected chi connectivity index (χ0v) is 25.3. The number of hydrogen-bond acceptors (Lipinski definition) is 9. The molecule has 0 spiro atoms. The van der Waals surface area contributed by atoms with Gasteiger partial charge in [-0.2, -0.15) is 0 Å². The van der Waals surface area contributed by atoms with Crippen molar-refractivity contribution < 1.29 is 27.4 Å². The third kappa shape index (κ3) is 7.53. The predicted molar refractivity (Wildman–Crippen MR) is 163 cm³/mol. The van der Waals surface area contributed by atoms with Gasteiger partial charge in [0.05, 0.1) is 36.0 Å². The van der Waals surface area contributed by atoms with Gasteiger partial charge in [0.1, 0.15) is 24.1 Å². The summed E-state index contributed by atoms with van der Waals surface area (Å²) in [6.45, 7) is 4.29. The highest BCUT2D eigenvalue weighted by Crippen LogP contribution is 2.40. The van der Waals surface area contributed by atoms with Crippen LogP contribution in [0.2, 0.25) is 0 Å². The van der Waals surface area contributed by atoms with Crippen molar-refractivity contribution in [1.82, 2.24) is 4.98 Å². The Bertz CT molecular complexity index is 1510. The lowest BCUT2D eigenvalue weighted by molar-refractivity contribution is -0.141. The minimum Gasteiger partial charge on any atom is -0.486 e. The van der Waals surface area contributed by atoms with Crippen LogP contribution in [0, 0.1) is 6.92 Å². The van der Waals surface area contributed by atoms with Gasteiger partial charge in [0.2, 0.25) is 0 Å². The molecule has 0 unspecified atom stereocenters. The lowest BCUT2D eigenvalue weighted by Crippen LogP contribution is -2.43. The third-order valence-electron chi connectivity index (χ3n) is 6.48. The van der Waals surface area contributed by atoms with E-state index in [-0.39, 0.29) is 36.1 Å². The van der Waals surface area contributed by atoms with E-state index >= 15 is 0 Å². The second-order valence-electron chi connectivity index (χ2n) is 9.89. The average molecular weight is 598 g/mol. The summed E-state index contributed by atoms with van der Waals surface area (Å²) in [4.78, 5) is 18.5. The van der Waals surface area contributed by atoms with Gasteiger partial charge < -0.3 is 19.1 Å². The summed E-state index contributed by atoms with van der Waals surface area (Å²) in [6, 6.07) is 18.1. The first-order valence-electron chi connectivity index (χ1n) is 13.4. The minimum atomic E-state index is -3.89. The molecule has 0 bridgehead atoms. The van der Waals surface area contributed by atoms with Gasteiger partial charge in [-0.1, -0.05) is 18.2 Å². The molecule has 41 heavy (non-hydrogen) atoms. The summed E-state index contributed by atoms with van der Waals surface area (Å²) in [5.74, 6) is 0.846. The number of fused-ring (bicyclic) bond motifs is 1. The molecule has 1 aromatic heterocycles. The number of sulfonamides is 1. The first kappa shape index (κ1) is 30.3. The van der Waals surface area contributed by atoms with Crippen LogP contribution in [0.15, 0.2) is 65.6 Å². The second-order valence-corrected chi connectivity index (χ2v) is 12.2. The Labute approximate surface area is 247 Å². The maximum absolute atomic E-state index is 14.0. The van der Waals surface area contributed by atoms with Crippen LogP contribution in [-0.2, 0) is 24.3 Å². The quantitative estimate of drug-likeness (QED) is 0.169. The van der Waals surface area contributed by atoms with Crippen molar-refractivity contribution in [1.29, 1.82) is 0 Å². The first-order valence-corrected chi connectivity index (χ1v) is 15.3. The van der Waals surface area contributed by atoms with E-state index < -0.39 is 22.1 Å². The predicted octanol–water partition coefficient (Wildman–Crippen LogP) is 5.16. The zero-order chi connectivity index (χ0) is 29.6. The maximum atomic E-state index is 14.0. The van der Waals surface area contributed by atoms with E-state index in [0.29, 0.717) is 24.3 Å². The summed E-state index contributed by atoms with van der Waals surface area (Å²) < 4.78 is 46.1. The normalized spacial score (nSPS) is 14.5. The van der Waals surface area contributed by atoms with Crippen molar-refractivity contribution >= 4 is 44.8 Å². The molecule has 11 heteroatoms. The van der Waals surface area contributed by atoms with Crippen LogP contribution in [0.25, 0.3) is 11.3 Å². The number of nitrogens with zero attached hydrogens (tertiary/aromatic N) is 3.